The summed E-state index contributed by atoms with van der Waals surface area (Å²) in [6.07, 6.45) is 0. The van der Waals surface area contributed by atoms with Crippen LogP contribution in [0.3, 0.4) is 0 Å². The van der Waals surface area contributed by atoms with Crippen LogP contribution in [-0.4, -0.2) is 19.9 Å². The van der Waals surface area contributed by atoms with Crippen molar-refractivity contribution < 1.29 is 0 Å². The van der Waals surface area contributed by atoms with E-state index in [0.717, 1.165) is 95.3 Å². The Morgan fingerprint density at radius 3 is 0.930 bits per heavy atom. The van der Waals surface area contributed by atoms with Crippen LogP contribution in [0, 0.1) is 0 Å². The van der Waals surface area contributed by atoms with Gasteiger partial charge in [-0.25, -0.2) is 19.9 Å². The minimum atomic E-state index is 0.845. The molecule has 268 valence electrons. The normalized spacial score (nSPS) is 11.2. The van der Waals surface area contributed by atoms with E-state index in [2.05, 4.69) is 132 Å². The van der Waals surface area contributed by atoms with Crippen molar-refractivity contribution in [3.63, 3.8) is 0 Å². The summed E-state index contributed by atoms with van der Waals surface area (Å²) >= 11 is 0. The van der Waals surface area contributed by atoms with Gasteiger partial charge in [-0.2, -0.15) is 0 Å². The maximum Gasteiger partial charge on any atom is 0.0973 e. The Bertz CT molecular complexity index is 2820. The third kappa shape index (κ3) is 6.58. The van der Waals surface area contributed by atoms with Crippen molar-refractivity contribution in [2.75, 3.05) is 4.90 Å². The zero-order chi connectivity index (χ0) is 38.0. The van der Waals surface area contributed by atoms with E-state index in [4.69, 9.17) is 19.9 Å². The van der Waals surface area contributed by atoms with Crippen molar-refractivity contribution in [2.24, 2.45) is 0 Å². The van der Waals surface area contributed by atoms with E-state index in [9.17, 15) is 0 Å². The molecule has 0 radical (unpaired) electrons. The standard InChI is InChI=1S/C52H35N5/c1-4-16-36(17-5-1)43-22-10-15-27-48(43)57(41-32-28-39(29-33-41)51-49(37-18-6-2-7-19-37)53-44-23-11-13-25-46(44)55-51)42-34-30-40(31-35-42)52-50(38-20-8-3-9-21-38)54-45-24-12-14-26-47(45)56-52/h1-35H. The van der Waals surface area contributed by atoms with Crippen LogP contribution in [0.1, 0.15) is 0 Å². The Balaban J connectivity index is 1.11. The molecular formula is C52H35N5. The molecule has 0 bridgehead atoms. The van der Waals surface area contributed by atoms with Crippen molar-refractivity contribution in [3.8, 4) is 56.2 Å². The summed E-state index contributed by atoms with van der Waals surface area (Å²) < 4.78 is 0. The fourth-order valence-corrected chi connectivity index (χ4v) is 7.49. The number of rotatable bonds is 8. The summed E-state index contributed by atoms with van der Waals surface area (Å²) in [6.45, 7) is 0. The van der Waals surface area contributed by atoms with Crippen LogP contribution in [-0.2, 0) is 0 Å². The summed E-state index contributed by atoms with van der Waals surface area (Å²) in [6, 6.07) is 73.2. The number of nitrogens with zero attached hydrogens (tertiary/aromatic N) is 5. The average molecular weight is 730 g/mol. The summed E-state index contributed by atoms with van der Waals surface area (Å²) in [7, 11) is 0. The molecule has 0 saturated heterocycles. The van der Waals surface area contributed by atoms with Gasteiger partial charge in [-0.05, 0) is 60.2 Å². The van der Waals surface area contributed by atoms with Gasteiger partial charge >= 0.3 is 0 Å². The molecular weight excluding hydrogens is 695 g/mol. The topological polar surface area (TPSA) is 54.8 Å². The lowest BCUT2D eigenvalue weighted by atomic mass is 10.00. The molecule has 2 aromatic heterocycles. The summed E-state index contributed by atoms with van der Waals surface area (Å²) in [4.78, 5) is 22.9. The lowest BCUT2D eigenvalue weighted by molar-refractivity contribution is 1.26. The fourth-order valence-electron chi connectivity index (χ4n) is 7.49. The van der Waals surface area contributed by atoms with Crippen LogP contribution in [0.4, 0.5) is 17.1 Å². The van der Waals surface area contributed by atoms with Crippen LogP contribution in [0.25, 0.3) is 78.2 Å². The number of benzene rings is 8. The Labute approximate surface area is 331 Å². The molecule has 5 heteroatoms. The first-order valence-electron chi connectivity index (χ1n) is 19.1. The molecule has 8 aromatic carbocycles. The molecule has 0 atom stereocenters. The second-order valence-corrected chi connectivity index (χ2v) is 13.9. The number of aromatic nitrogens is 4. The van der Waals surface area contributed by atoms with Crippen LogP contribution in [0.15, 0.2) is 212 Å². The largest absolute Gasteiger partial charge is 0.310 e. The van der Waals surface area contributed by atoms with Gasteiger partial charge in [0.1, 0.15) is 0 Å². The summed E-state index contributed by atoms with van der Waals surface area (Å²) in [5, 5.41) is 0. The molecule has 0 fully saturated rings. The van der Waals surface area contributed by atoms with E-state index in [1.807, 2.05) is 84.9 Å². The number of hydrogen-bond acceptors (Lipinski definition) is 5. The lowest BCUT2D eigenvalue weighted by Crippen LogP contribution is -2.11. The Morgan fingerprint density at radius 2 is 0.544 bits per heavy atom. The average Bonchev–Trinajstić information content (AvgIpc) is 3.30. The molecule has 0 saturated carbocycles. The zero-order valence-electron chi connectivity index (χ0n) is 30.9. The molecule has 0 N–H and O–H groups in total. The summed E-state index contributed by atoms with van der Waals surface area (Å²) in [5.74, 6) is 0. The van der Waals surface area contributed by atoms with E-state index in [1.54, 1.807) is 0 Å². The van der Waals surface area contributed by atoms with E-state index >= 15 is 0 Å². The molecule has 57 heavy (non-hydrogen) atoms. The molecule has 5 nitrogen and oxygen atoms in total. The number of hydrogen-bond donors (Lipinski definition) is 0. The van der Waals surface area contributed by atoms with Gasteiger partial charge in [0.05, 0.1) is 50.5 Å². The first-order valence-corrected chi connectivity index (χ1v) is 19.1. The number of para-hydroxylation sites is 5. The van der Waals surface area contributed by atoms with Gasteiger partial charge in [-0.15, -0.1) is 0 Å². The highest BCUT2D eigenvalue weighted by atomic mass is 15.1. The smallest absolute Gasteiger partial charge is 0.0973 e. The predicted molar refractivity (Wildman–Crippen MR) is 234 cm³/mol. The molecule has 10 aromatic rings. The van der Waals surface area contributed by atoms with Gasteiger partial charge in [-0.3, -0.25) is 0 Å². The van der Waals surface area contributed by atoms with Crippen molar-refractivity contribution in [1.82, 2.24) is 19.9 Å². The van der Waals surface area contributed by atoms with E-state index in [-0.39, 0.29) is 0 Å². The van der Waals surface area contributed by atoms with Crippen molar-refractivity contribution in [1.29, 1.82) is 0 Å². The lowest BCUT2D eigenvalue weighted by Gasteiger charge is -2.28. The monoisotopic (exact) mass is 729 g/mol. The number of anilines is 3. The first kappa shape index (κ1) is 33.8. The quantitative estimate of drug-likeness (QED) is 0.156. The van der Waals surface area contributed by atoms with Crippen LogP contribution in [0.2, 0.25) is 0 Å². The van der Waals surface area contributed by atoms with E-state index in [1.165, 1.54) is 0 Å². The predicted octanol–water partition coefficient (Wildman–Crippen LogP) is 13.4. The van der Waals surface area contributed by atoms with Crippen molar-refractivity contribution in [3.05, 3.63) is 212 Å². The van der Waals surface area contributed by atoms with Gasteiger partial charge in [0.2, 0.25) is 0 Å². The van der Waals surface area contributed by atoms with E-state index < -0.39 is 0 Å². The molecule has 2 heterocycles. The van der Waals surface area contributed by atoms with Crippen molar-refractivity contribution in [2.45, 2.75) is 0 Å². The first-order chi connectivity index (χ1) is 28.3. The third-order valence-electron chi connectivity index (χ3n) is 10.3. The Hall–Kier alpha value is -7.76. The SMILES string of the molecule is c1ccc(-c2ccccc2N(c2ccc(-c3nc4ccccc4nc3-c3ccccc3)cc2)c2ccc(-c3nc4ccccc4nc3-c3ccccc3)cc2)cc1. The maximum absolute atomic E-state index is 5.17. The molecule has 0 spiro atoms. The molecule has 0 aliphatic heterocycles. The Kier molecular flexibility index (Phi) is 8.78. The van der Waals surface area contributed by atoms with Crippen LogP contribution < -0.4 is 4.90 Å². The highest BCUT2D eigenvalue weighted by molar-refractivity contribution is 5.92. The van der Waals surface area contributed by atoms with Gasteiger partial charge in [0.25, 0.3) is 0 Å². The zero-order valence-corrected chi connectivity index (χ0v) is 30.9. The molecule has 0 aliphatic carbocycles. The van der Waals surface area contributed by atoms with Crippen molar-refractivity contribution >= 4 is 39.1 Å². The summed E-state index contributed by atoms with van der Waals surface area (Å²) in [5.41, 5.74) is 16.3. The molecule has 0 amide bonds. The second kappa shape index (κ2) is 14.8. The van der Waals surface area contributed by atoms with Gasteiger partial charge in [0, 0.05) is 39.2 Å². The highest BCUT2D eigenvalue weighted by Gasteiger charge is 2.20. The minimum Gasteiger partial charge on any atom is -0.310 e. The van der Waals surface area contributed by atoms with Gasteiger partial charge in [0.15, 0.2) is 0 Å². The van der Waals surface area contributed by atoms with Gasteiger partial charge in [-0.1, -0.05) is 158 Å². The maximum atomic E-state index is 5.17. The highest BCUT2D eigenvalue weighted by Crippen LogP contribution is 2.43. The molecule has 10 rings (SSSR count). The number of fused-ring (bicyclic) bond motifs is 2. The fraction of sp³-hybridized carbons (Fsp3) is 0. The second-order valence-electron chi connectivity index (χ2n) is 13.9. The van der Waals surface area contributed by atoms with Crippen LogP contribution >= 0.6 is 0 Å². The molecule has 0 aliphatic rings. The van der Waals surface area contributed by atoms with Gasteiger partial charge < -0.3 is 4.90 Å². The van der Waals surface area contributed by atoms with E-state index in [0.29, 0.717) is 0 Å². The third-order valence-corrected chi connectivity index (χ3v) is 10.3. The minimum absolute atomic E-state index is 0.845. The molecule has 0 unspecified atom stereocenters. The Morgan fingerprint density at radius 1 is 0.246 bits per heavy atom. The van der Waals surface area contributed by atoms with Crippen LogP contribution in [0.5, 0.6) is 0 Å².